The topological polar surface area (TPSA) is 55.3 Å². The summed E-state index contributed by atoms with van der Waals surface area (Å²) in [6, 6.07) is 16.3. The van der Waals surface area contributed by atoms with E-state index in [4.69, 9.17) is 14.6 Å². The molecule has 0 saturated heterocycles. The zero-order chi connectivity index (χ0) is 14.9. The van der Waals surface area contributed by atoms with Gasteiger partial charge < -0.3 is 19.9 Å². The Labute approximate surface area is 125 Å². The third-order valence-corrected chi connectivity index (χ3v) is 3.18. The lowest BCUT2D eigenvalue weighted by molar-refractivity contribution is -0.686. The van der Waals surface area contributed by atoms with E-state index in [1.165, 1.54) is 11.1 Å². The number of rotatable bonds is 8. The van der Waals surface area contributed by atoms with Gasteiger partial charge in [-0.25, -0.2) is 0 Å². The first kappa shape index (κ1) is 15.4. The standard InChI is InChI=1S/C17H21NO3/c1-20-17-11-15(7-8-16(17)21-10-9-19)13-18-12-14-5-3-2-4-6-14/h2-8,11,18-19H,9-10,12-13H2,1H3/p+1. The van der Waals surface area contributed by atoms with Crippen LogP contribution in [0.5, 0.6) is 11.5 Å². The second-order valence-corrected chi connectivity index (χ2v) is 4.74. The van der Waals surface area contributed by atoms with Gasteiger partial charge in [0.15, 0.2) is 11.5 Å². The Morgan fingerprint density at radius 2 is 1.71 bits per heavy atom. The monoisotopic (exact) mass is 288 g/mol. The molecule has 112 valence electrons. The minimum Gasteiger partial charge on any atom is -0.493 e. The molecule has 3 N–H and O–H groups in total. The van der Waals surface area contributed by atoms with Crippen molar-refractivity contribution in [1.29, 1.82) is 0 Å². The molecule has 2 aromatic carbocycles. The van der Waals surface area contributed by atoms with Crippen LogP contribution >= 0.6 is 0 Å². The van der Waals surface area contributed by atoms with E-state index in [2.05, 4.69) is 29.6 Å². The van der Waals surface area contributed by atoms with Crippen molar-refractivity contribution in [3.05, 3.63) is 59.7 Å². The first-order chi connectivity index (χ1) is 10.3. The highest BCUT2D eigenvalue weighted by atomic mass is 16.5. The third-order valence-electron chi connectivity index (χ3n) is 3.18. The van der Waals surface area contributed by atoms with Gasteiger partial charge in [-0.2, -0.15) is 0 Å². The van der Waals surface area contributed by atoms with Gasteiger partial charge in [0.2, 0.25) is 0 Å². The molecular formula is C17H22NO3+. The van der Waals surface area contributed by atoms with Crippen molar-refractivity contribution in [2.75, 3.05) is 20.3 Å². The quantitative estimate of drug-likeness (QED) is 0.770. The second-order valence-electron chi connectivity index (χ2n) is 4.74. The van der Waals surface area contributed by atoms with E-state index < -0.39 is 0 Å². The summed E-state index contributed by atoms with van der Waals surface area (Å²) in [4.78, 5) is 0. The minimum atomic E-state index is -0.00421. The normalized spacial score (nSPS) is 10.4. The Hall–Kier alpha value is -2.04. The molecule has 0 bridgehead atoms. The molecule has 2 aromatic rings. The van der Waals surface area contributed by atoms with Gasteiger partial charge in [-0.3, -0.25) is 0 Å². The molecule has 0 aliphatic carbocycles. The first-order valence-corrected chi connectivity index (χ1v) is 7.09. The lowest BCUT2D eigenvalue weighted by atomic mass is 10.2. The summed E-state index contributed by atoms with van der Waals surface area (Å²) in [6.07, 6.45) is 0. The van der Waals surface area contributed by atoms with E-state index in [9.17, 15) is 0 Å². The molecule has 0 amide bonds. The maximum atomic E-state index is 8.80. The van der Waals surface area contributed by atoms with E-state index >= 15 is 0 Å². The summed E-state index contributed by atoms with van der Waals surface area (Å²) < 4.78 is 10.7. The van der Waals surface area contributed by atoms with E-state index in [0.717, 1.165) is 13.1 Å². The van der Waals surface area contributed by atoms with Crippen LogP contribution in [0.2, 0.25) is 0 Å². The Morgan fingerprint density at radius 1 is 0.952 bits per heavy atom. The maximum absolute atomic E-state index is 8.80. The van der Waals surface area contributed by atoms with Crippen molar-refractivity contribution in [3.8, 4) is 11.5 Å². The molecule has 4 nitrogen and oxygen atoms in total. The minimum absolute atomic E-state index is 0.00421. The average molecular weight is 288 g/mol. The van der Waals surface area contributed by atoms with E-state index in [-0.39, 0.29) is 13.2 Å². The molecule has 0 heterocycles. The summed E-state index contributed by atoms with van der Waals surface area (Å²) in [7, 11) is 1.62. The highest BCUT2D eigenvalue weighted by Crippen LogP contribution is 2.27. The fourth-order valence-electron chi connectivity index (χ4n) is 2.13. The number of aliphatic hydroxyl groups excluding tert-OH is 1. The fraction of sp³-hybridized carbons (Fsp3) is 0.294. The predicted octanol–water partition coefficient (Wildman–Crippen LogP) is 1.33. The van der Waals surface area contributed by atoms with Gasteiger partial charge in [0.25, 0.3) is 0 Å². The molecular weight excluding hydrogens is 266 g/mol. The Bertz CT molecular complexity index is 543. The van der Waals surface area contributed by atoms with Gasteiger partial charge in [-0.05, 0) is 18.2 Å². The van der Waals surface area contributed by atoms with Crippen LogP contribution in [0.3, 0.4) is 0 Å². The van der Waals surface area contributed by atoms with Gasteiger partial charge >= 0.3 is 0 Å². The number of hydrogen-bond acceptors (Lipinski definition) is 3. The molecule has 2 rings (SSSR count). The summed E-state index contributed by atoms with van der Waals surface area (Å²) in [5.74, 6) is 1.37. The van der Waals surface area contributed by atoms with Crippen LogP contribution in [0.4, 0.5) is 0 Å². The molecule has 0 saturated carbocycles. The lowest BCUT2D eigenvalue weighted by Gasteiger charge is -2.11. The molecule has 0 spiro atoms. The molecule has 0 atom stereocenters. The van der Waals surface area contributed by atoms with Gasteiger partial charge in [-0.15, -0.1) is 0 Å². The molecule has 0 aliphatic rings. The van der Waals surface area contributed by atoms with Crippen LogP contribution in [0, 0.1) is 0 Å². The highest BCUT2D eigenvalue weighted by molar-refractivity contribution is 5.42. The van der Waals surface area contributed by atoms with Gasteiger partial charge in [-0.1, -0.05) is 30.3 Å². The summed E-state index contributed by atoms with van der Waals surface area (Å²) in [5, 5.41) is 11.0. The zero-order valence-corrected chi connectivity index (χ0v) is 12.3. The Morgan fingerprint density at radius 3 is 2.43 bits per heavy atom. The molecule has 4 heteroatoms. The second kappa shape index (κ2) is 8.29. The van der Waals surface area contributed by atoms with Gasteiger partial charge in [0.05, 0.1) is 13.7 Å². The summed E-state index contributed by atoms with van der Waals surface area (Å²) >= 11 is 0. The third kappa shape index (κ3) is 4.77. The molecule has 0 unspecified atom stereocenters. The van der Waals surface area contributed by atoms with Crippen molar-refractivity contribution in [2.24, 2.45) is 0 Å². The first-order valence-electron chi connectivity index (χ1n) is 7.09. The maximum Gasteiger partial charge on any atom is 0.161 e. The average Bonchev–Trinajstić information content (AvgIpc) is 2.54. The molecule has 0 aliphatic heterocycles. The van der Waals surface area contributed by atoms with Crippen molar-refractivity contribution >= 4 is 0 Å². The molecule has 0 radical (unpaired) electrons. The molecule has 0 fully saturated rings. The van der Waals surface area contributed by atoms with E-state index in [0.29, 0.717) is 11.5 Å². The van der Waals surface area contributed by atoms with Crippen molar-refractivity contribution in [2.45, 2.75) is 13.1 Å². The molecule has 0 aromatic heterocycles. The number of benzene rings is 2. The SMILES string of the molecule is COc1cc(C[NH2+]Cc2ccccc2)ccc1OCCO. The largest absolute Gasteiger partial charge is 0.493 e. The van der Waals surface area contributed by atoms with Crippen LogP contribution in [0.25, 0.3) is 0 Å². The zero-order valence-electron chi connectivity index (χ0n) is 12.3. The van der Waals surface area contributed by atoms with E-state index in [1.54, 1.807) is 7.11 Å². The Kier molecular flexibility index (Phi) is 6.06. The fourth-order valence-corrected chi connectivity index (χ4v) is 2.13. The number of aliphatic hydroxyl groups is 1. The van der Waals surface area contributed by atoms with Crippen LogP contribution in [-0.4, -0.2) is 25.4 Å². The number of quaternary nitrogens is 1. The highest BCUT2D eigenvalue weighted by Gasteiger charge is 2.06. The van der Waals surface area contributed by atoms with Crippen LogP contribution < -0.4 is 14.8 Å². The van der Waals surface area contributed by atoms with Gasteiger partial charge in [0, 0.05) is 11.1 Å². The molecule has 21 heavy (non-hydrogen) atoms. The number of ether oxygens (including phenoxy) is 2. The van der Waals surface area contributed by atoms with Crippen molar-refractivity contribution in [3.63, 3.8) is 0 Å². The van der Waals surface area contributed by atoms with Crippen LogP contribution in [0.15, 0.2) is 48.5 Å². The number of nitrogens with two attached hydrogens (primary N) is 1. The van der Waals surface area contributed by atoms with Crippen LogP contribution in [-0.2, 0) is 13.1 Å². The Balaban J connectivity index is 1.91. The van der Waals surface area contributed by atoms with Gasteiger partial charge in [0.1, 0.15) is 19.7 Å². The summed E-state index contributed by atoms with van der Waals surface area (Å²) in [5.41, 5.74) is 2.49. The number of methoxy groups -OCH3 is 1. The lowest BCUT2D eigenvalue weighted by Crippen LogP contribution is -2.80. The van der Waals surface area contributed by atoms with Crippen molar-refractivity contribution < 1.29 is 19.9 Å². The number of hydrogen-bond donors (Lipinski definition) is 2. The van der Waals surface area contributed by atoms with E-state index in [1.807, 2.05) is 24.3 Å². The van der Waals surface area contributed by atoms with Crippen molar-refractivity contribution in [1.82, 2.24) is 0 Å². The summed E-state index contributed by atoms with van der Waals surface area (Å²) in [6.45, 7) is 2.10. The smallest absolute Gasteiger partial charge is 0.161 e. The van der Waals surface area contributed by atoms with Crippen LogP contribution in [0.1, 0.15) is 11.1 Å². The predicted molar refractivity (Wildman–Crippen MR) is 81.4 cm³/mol.